The monoisotopic (exact) mass is 297 g/mol. The van der Waals surface area contributed by atoms with Gasteiger partial charge in [0.05, 0.1) is 16.3 Å². The average Bonchev–Trinajstić information content (AvgIpc) is 2.70. The molecule has 0 aliphatic heterocycles. The third-order valence-corrected chi connectivity index (χ3v) is 3.10. The lowest BCUT2D eigenvalue weighted by Gasteiger charge is -2.07. The third-order valence-electron chi connectivity index (χ3n) is 2.41. The van der Waals surface area contributed by atoms with E-state index < -0.39 is 11.8 Å². The minimum atomic E-state index is -0.626. The molecule has 2 amide bonds. The number of rotatable bonds is 3. The van der Waals surface area contributed by atoms with Crippen LogP contribution in [0.2, 0.25) is 10.2 Å². The zero-order chi connectivity index (χ0) is 14.0. The normalized spacial score (nSPS) is 10.2. The number of amides is 2. The number of primary amides is 1. The topological polar surface area (TPSA) is 88.0 Å². The lowest BCUT2D eigenvalue weighted by molar-refractivity contribution is 0.100. The van der Waals surface area contributed by atoms with Gasteiger partial charge in [0.15, 0.2) is 0 Å². The van der Waals surface area contributed by atoms with Crippen LogP contribution in [0.1, 0.15) is 20.8 Å². The molecule has 2 rings (SSSR count). The van der Waals surface area contributed by atoms with Gasteiger partial charge in [-0.3, -0.25) is 9.59 Å². The number of hydrogen-bond acceptors (Lipinski definition) is 2. The molecule has 1 aromatic carbocycles. The summed E-state index contributed by atoms with van der Waals surface area (Å²) in [4.78, 5) is 25.8. The van der Waals surface area contributed by atoms with Crippen molar-refractivity contribution in [1.29, 1.82) is 0 Å². The molecule has 0 fully saturated rings. The van der Waals surface area contributed by atoms with Crippen molar-refractivity contribution in [2.45, 2.75) is 0 Å². The minimum Gasteiger partial charge on any atom is -0.366 e. The van der Waals surface area contributed by atoms with Gasteiger partial charge < -0.3 is 16.0 Å². The van der Waals surface area contributed by atoms with Gasteiger partial charge in [-0.25, -0.2) is 0 Å². The van der Waals surface area contributed by atoms with Gasteiger partial charge in [0, 0.05) is 0 Å². The first-order valence-corrected chi connectivity index (χ1v) is 5.99. The molecule has 0 atom stereocenters. The van der Waals surface area contributed by atoms with Crippen molar-refractivity contribution in [3.8, 4) is 0 Å². The summed E-state index contributed by atoms with van der Waals surface area (Å²) in [6.07, 6.45) is 0. The van der Waals surface area contributed by atoms with E-state index in [1.54, 1.807) is 18.2 Å². The van der Waals surface area contributed by atoms with Crippen molar-refractivity contribution in [3.63, 3.8) is 0 Å². The summed E-state index contributed by atoms with van der Waals surface area (Å²) in [5.74, 6) is -1.10. The summed E-state index contributed by atoms with van der Waals surface area (Å²) in [5, 5.41) is 2.98. The first-order valence-electron chi connectivity index (χ1n) is 5.23. The molecule has 7 heteroatoms. The Morgan fingerprint density at radius 3 is 2.47 bits per heavy atom. The molecule has 1 heterocycles. The summed E-state index contributed by atoms with van der Waals surface area (Å²) >= 11 is 11.5. The number of carbonyl (C=O) groups excluding carboxylic acids is 2. The first kappa shape index (κ1) is 13.5. The van der Waals surface area contributed by atoms with Gasteiger partial charge in [-0.05, 0) is 18.2 Å². The molecule has 0 unspecified atom stereocenters. The van der Waals surface area contributed by atoms with Gasteiger partial charge in [0.25, 0.3) is 11.8 Å². The van der Waals surface area contributed by atoms with Gasteiger partial charge in [0.2, 0.25) is 0 Å². The molecule has 98 valence electrons. The van der Waals surface area contributed by atoms with E-state index in [1.165, 1.54) is 12.1 Å². The molecule has 2 aromatic rings. The van der Waals surface area contributed by atoms with Crippen LogP contribution in [0.3, 0.4) is 0 Å². The second-order valence-corrected chi connectivity index (χ2v) is 4.49. The lowest BCUT2D eigenvalue weighted by Crippen LogP contribution is -2.18. The van der Waals surface area contributed by atoms with Gasteiger partial charge in [-0.15, -0.1) is 0 Å². The van der Waals surface area contributed by atoms with Crippen molar-refractivity contribution in [2.75, 3.05) is 5.32 Å². The van der Waals surface area contributed by atoms with Crippen LogP contribution in [0.15, 0.2) is 30.3 Å². The van der Waals surface area contributed by atoms with E-state index in [0.717, 1.165) is 0 Å². The SMILES string of the molecule is NC(=O)c1ccccc1NC(=O)c1cc(Cl)c(Cl)[nH]1. The van der Waals surface area contributed by atoms with E-state index >= 15 is 0 Å². The molecule has 0 aliphatic carbocycles. The van der Waals surface area contributed by atoms with Crippen molar-refractivity contribution in [3.05, 3.63) is 51.8 Å². The van der Waals surface area contributed by atoms with Crippen LogP contribution in [-0.2, 0) is 0 Å². The molecule has 1 aromatic heterocycles. The summed E-state index contributed by atoms with van der Waals surface area (Å²) in [7, 11) is 0. The van der Waals surface area contributed by atoms with Gasteiger partial charge in [-0.2, -0.15) is 0 Å². The van der Waals surface area contributed by atoms with Crippen LogP contribution in [0.4, 0.5) is 5.69 Å². The number of H-pyrrole nitrogens is 1. The largest absolute Gasteiger partial charge is 0.366 e. The van der Waals surface area contributed by atoms with Crippen molar-refractivity contribution >= 4 is 40.7 Å². The standard InChI is InChI=1S/C12H9Cl2N3O2/c13-7-5-9(16-10(7)14)12(19)17-8-4-2-1-3-6(8)11(15)18/h1-5,16H,(H2,15,18)(H,17,19). The second-order valence-electron chi connectivity index (χ2n) is 3.71. The Hall–Kier alpha value is -1.98. The number of hydrogen-bond donors (Lipinski definition) is 3. The van der Waals surface area contributed by atoms with Crippen LogP contribution >= 0.6 is 23.2 Å². The molecule has 0 saturated heterocycles. The Morgan fingerprint density at radius 1 is 1.21 bits per heavy atom. The summed E-state index contributed by atoms with van der Waals surface area (Å²) in [6.45, 7) is 0. The van der Waals surface area contributed by atoms with Crippen molar-refractivity contribution < 1.29 is 9.59 Å². The molecule has 0 radical (unpaired) electrons. The van der Waals surface area contributed by atoms with Crippen LogP contribution in [-0.4, -0.2) is 16.8 Å². The fourth-order valence-corrected chi connectivity index (χ4v) is 1.84. The van der Waals surface area contributed by atoms with Gasteiger partial charge in [-0.1, -0.05) is 35.3 Å². The Kier molecular flexibility index (Phi) is 3.78. The van der Waals surface area contributed by atoms with Crippen LogP contribution in [0.25, 0.3) is 0 Å². The number of nitrogens with one attached hydrogen (secondary N) is 2. The summed E-state index contributed by atoms with van der Waals surface area (Å²) in [5.41, 5.74) is 5.95. The zero-order valence-electron chi connectivity index (χ0n) is 9.54. The Bertz CT molecular complexity index is 633. The molecule has 0 spiro atoms. The number of aromatic amines is 1. The predicted octanol–water partition coefficient (Wildman–Crippen LogP) is 2.67. The fraction of sp³-hybridized carbons (Fsp3) is 0. The van der Waals surface area contributed by atoms with Gasteiger partial charge >= 0.3 is 0 Å². The van der Waals surface area contributed by atoms with Crippen molar-refractivity contribution in [2.24, 2.45) is 5.73 Å². The number of carbonyl (C=O) groups is 2. The second kappa shape index (κ2) is 5.34. The number of anilines is 1. The molecule has 5 nitrogen and oxygen atoms in total. The quantitative estimate of drug-likeness (QED) is 0.813. The molecular formula is C12H9Cl2N3O2. The van der Waals surface area contributed by atoms with E-state index in [2.05, 4.69) is 10.3 Å². The van der Waals surface area contributed by atoms with Gasteiger partial charge in [0.1, 0.15) is 10.8 Å². The highest BCUT2D eigenvalue weighted by molar-refractivity contribution is 6.41. The maximum absolute atomic E-state index is 11.9. The van der Waals surface area contributed by atoms with E-state index in [1.807, 2.05) is 0 Å². The number of halogens is 2. The molecular weight excluding hydrogens is 289 g/mol. The highest BCUT2D eigenvalue weighted by atomic mass is 35.5. The highest BCUT2D eigenvalue weighted by Crippen LogP contribution is 2.23. The van der Waals surface area contributed by atoms with Crippen LogP contribution in [0.5, 0.6) is 0 Å². The minimum absolute atomic E-state index is 0.176. The van der Waals surface area contributed by atoms with Crippen LogP contribution in [0, 0.1) is 0 Å². The smallest absolute Gasteiger partial charge is 0.272 e. The summed E-state index contributed by atoms with van der Waals surface area (Å²) in [6, 6.07) is 7.82. The average molecular weight is 298 g/mol. The maximum Gasteiger partial charge on any atom is 0.272 e. The van der Waals surface area contributed by atoms with E-state index in [9.17, 15) is 9.59 Å². The number of nitrogens with two attached hydrogens (primary N) is 1. The Morgan fingerprint density at radius 2 is 1.89 bits per heavy atom. The molecule has 0 saturated carbocycles. The van der Waals surface area contributed by atoms with E-state index in [4.69, 9.17) is 28.9 Å². The molecule has 0 aliphatic rings. The van der Waals surface area contributed by atoms with Crippen LogP contribution < -0.4 is 11.1 Å². The Balaban J connectivity index is 2.26. The fourth-order valence-electron chi connectivity index (χ4n) is 1.52. The highest BCUT2D eigenvalue weighted by Gasteiger charge is 2.14. The molecule has 0 bridgehead atoms. The van der Waals surface area contributed by atoms with E-state index in [-0.39, 0.29) is 21.4 Å². The third kappa shape index (κ3) is 2.89. The summed E-state index contributed by atoms with van der Waals surface area (Å²) < 4.78 is 0. The lowest BCUT2D eigenvalue weighted by atomic mass is 10.1. The van der Waals surface area contributed by atoms with E-state index in [0.29, 0.717) is 5.69 Å². The number of aromatic nitrogens is 1. The number of para-hydroxylation sites is 1. The first-order chi connectivity index (χ1) is 8.99. The zero-order valence-corrected chi connectivity index (χ0v) is 11.0. The number of benzene rings is 1. The molecule has 4 N–H and O–H groups in total. The van der Waals surface area contributed by atoms with Crippen molar-refractivity contribution in [1.82, 2.24) is 4.98 Å². The predicted molar refractivity (Wildman–Crippen MR) is 73.7 cm³/mol. The Labute approximate surface area is 118 Å². The maximum atomic E-state index is 11.9. The molecule has 19 heavy (non-hydrogen) atoms.